The Labute approximate surface area is 159 Å². The first-order valence-corrected chi connectivity index (χ1v) is 9.02. The largest absolute Gasteiger partial charge is 0.497 e. The zero-order valence-corrected chi connectivity index (χ0v) is 15.5. The minimum atomic E-state index is -0.383. The molecule has 0 bridgehead atoms. The van der Waals surface area contributed by atoms with Crippen LogP contribution in [0.3, 0.4) is 0 Å². The van der Waals surface area contributed by atoms with Crippen molar-refractivity contribution in [2.24, 2.45) is 0 Å². The lowest BCUT2D eigenvalue weighted by Crippen LogP contribution is -2.49. The Morgan fingerprint density at radius 2 is 1.59 bits per heavy atom. The van der Waals surface area contributed by atoms with Gasteiger partial charge in [-0.2, -0.15) is 0 Å². The molecular weight excluding hydrogens is 344 g/mol. The number of piperazine rings is 1. The summed E-state index contributed by atoms with van der Waals surface area (Å²) in [5, 5.41) is 0. The van der Waals surface area contributed by atoms with Gasteiger partial charge in [0.25, 0.3) is 5.91 Å². The maximum absolute atomic E-state index is 12.3. The Morgan fingerprint density at radius 1 is 0.926 bits per heavy atom. The molecule has 0 aliphatic carbocycles. The highest BCUT2D eigenvalue weighted by atomic mass is 16.5. The fourth-order valence-corrected chi connectivity index (χ4v) is 3.05. The lowest BCUT2D eigenvalue weighted by Gasteiger charge is -2.36. The lowest BCUT2D eigenvalue weighted by molar-refractivity contribution is -0.151. The maximum Gasteiger partial charge on any atom is 0.310 e. The number of esters is 1. The SMILES string of the molecule is COc1ccc(N2CCN(C(=O)COC(=O)Cc3ccccc3)CC2)cc1. The third kappa shape index (κ3) is 5.23. The number of carbonyl (C=O) groups excluding carboxylic acids is 2. The molecule has 1 heterocycles. The molecule has 27 heavy (non-hydrogen) atoms. The summed E-state index contributed by atoms with van der Waals surface area (Å²) in [4.78, 5) is 28.1. The minimum Gasteiger partial charge on any atom is -0.497 e. The number of carbonyl (C=O) groups is 2. The van der Waals surface area contributed by atoms with E-state index in [1.54, 1.807) is 12.0 Å². The van der Waals surface area contributed by atoms with Crippen LogP contribution in [-0.2, 0) is 20.7 Å². The fraction of sp³-hybridized carbons (Fsp3) is 0.333. The minimum absolute atomic E-state index is 0.147. The molecule has 3 rings (SSSR count). The number of amides is 1. The van der Waals surface area contributed by atoms with Crippen LogP contribution < -0.4 is 9.64 Å². The van der Waals surface area contributed by atoms with Crippen LogP contribution in [0.2, 0.25) is 0 Å². The summed E-state index contributed by atoms with van der Waals surface area (Å²) in [5.41, 5.74) is 1.99. The summed E-state index contributed by atoms with van der Waals surface area (Å²) in [6.45, 7) is 2.52. The molecule has 0 N–H and O–H groups in total. The van der Waals surface area contributed by atoms with E-state index in [0.29, 0.717) is 13.1 Å². The molecule has 0 aromatic heterocycles. The number of hydrogen-bond acceptors (Lipinski definition) is 5. The van der Waals surface area contributed by atoms with Crippen LogP contribution in [-0.4, -0.2) is 56.7 Å². The van der Waals surface area contributed by atoms with E-state index in [0.717, 1.165) is 30.1 Å². The van der Waals surface area contributed by atoms with Crippen molar-refractivity contribution in [3.05, 3.63) is 60.2 Å². The molecule has 2 aromatic rings. The molecule has 0 radical (unpaired) electrons. The molecule has 0 atom stereocenters. The quantitative estimate of drug-likeness (QED) is 0.731. The predicted molar refractivity (Wildman–Crippen MR) is 103 cm³/mol. The number of nitrogens with zero attached hydrogens (tertiary/aromatic N) is 2. The van der Waals surface area contributed by atoms with Crippen LogP contribution >= 0.6 is 0 Å². The van der Waals surface area contributed by atoms with Crippen LogP contribution in [0.4, 0.5) is 5.69 Å². The van der Waals surface area contributed by atoms with Gasteiger partial charge in [0.1, 0.15) is 5.75 Å². The average Bonchev–Trinajstić information content (AvgIpc) is 2.73. The van der Waals surface area contributed by atoms with Gasteiger partial charge in [0, 0.05) is 31.9 Å². The van der Waals surface area contributed by atoms with Crippen molar-refractivity contribution < 1.29 is 19.1 Å². The molecule has 1 aliphatic heterocycles. The molecule has 1 aliphatic rings. The zero-order chi connectivity index (χ0) is 19.1. The molecule has 2 aromatic carbocycles. The lowest BCUT2D eigenvalue weighted by atomic mass is 10.2. The fourth-order valence-electron chi connectivity index (χ4n) is 3.05. The highest BCUT2D eigenvalue weighted by molar-refractivity contribution is 5.81. The van der Waals surface area contributed by atoms with Crippen LogP contribution in [0, 0.1) is 0 Å². The van der Waals surface area contributed by atoms with Gasteiger partial charge in [-0.05, 0) is 29.8 Å². The van der Waals surface area contributed by atoms with E-state index in [2.05, 4.69) is 4.90 Å². The van der Waals surface area contributed by atoms with E-state index in [9.17, 15) is 9.59 Å². The van der Waals surface area contributed by atoms with Gasteiger partial charge < -0.3 is 19.3 Å². The van der Waals surface area contributed by atoms with E-state index in [-0.39, 0.29) is 24.9 Å². The second-order valence-corrected chi connectivity index (χ2v) is 6.39. The van der Waals surface area contributed by atoms with Crippen molar-refractivity contribution in [3.8, 4) is 5.75 Å². The molecule has 1 saturated heterocycles. The number of ether oxygens (including phenoxy) is 2. The number of anilines is 1. The van der Waals surface area contributed by atoms with E-state index in [1.165, 1.54) is 0 Å². The van der Waals surface area contributed by atoms with Crippen molar-refractivity contribution in [2.75, 3.05) is 44.8 Å². The van der Waals surface area contributed by atoms with Gasteiger partial charge in [-0.3, -0.25) is 9.59 Å². The molecule has 142 valence electrons. The Morgan fingerprint density at radius 3 is 2.22 bits per heavy atom. The van der Waals surface area contributed by atoms with Crippen LogP contribution in [0.15, 0.2) is 54.6 Å². The van der Waals surface area contributed by atoms with E-state index >= 15 is 0 Å². The average molecular weight is 368 g/mol. The van der Waals surface area contributed by atoms with Crippen molar-refractivity contribution in [1.82, 2.24) is 4.90 Å². The summed E-state index contributed by atoms with van der Waals surface area (Å²) < 4.78 is 10.3. The van der Waals surface area contributed by atoms with Gasteiger partial charge >= 0.3 is 5.97 Å². The summed E-state index contributed by atoms with van der Waals surface area (Å²) >= 11 is 0. The molecule has 6 nitrogen and oxygen atoms in total. The van der Waals surface area contributed by atoms with E-state index in [4.69, 9.17) is 9.47 Å². The summed E-state index contributed by atoms with van der Waals surface area (Å²) in [7, 11) is 1.64. The van der Waals surface area contributed by atoms with E-state index < -0.39 is 0 Å². The Balaban J connectivity index is 1.42. The Hall–Kier alpha value is -3.02. The molecule has 0 spiro atoms. The zero-order valence-electron chi connectivity index (χ0n) is 15.5. The van der Waals surface area contributed by atoms with Gasteiger partial charge in [0.2, 0.25) is 0 Å². The Kier molecular flexibility index (Phi) is 6.30. The third-order valence-electron chi connectivity index (χ3n) is 4.62. The van der Waals surface area contributed by atoms with Gasteiger partial charge in [0.15, 0.2) is 6.61 Å². The number of methoxy groups -OCH3 is 1. The second kappa shape index (κ2) is 9.07. The first kappa shape index (κ1) is 18.8. The molecular formula is C21H24N2O4. The third-order valence-corrected chi connectivity index (χ3v) is 4.62. The van der Waals surface area contributed by atoms with Crippen molar-refractivity contribution in [1.29, 1.82) is 0 Å². The topological polar surface area (TPSA) is 59.1 Å². The highest BCUT2D eigenvalue weighted by Crippen LogP contribution is 2.20. The van der Waals surface area contributed by atoms with Crippen LogP contribution in [0.5, 0.6) is 5.75 Å². The second-order valence-electron chi connectivity index (χ2n) is 6.39. The molecule has 1 amide bonds. The monoisotopic (exact) mass is 368 g/mol. The van der Waals surface area contributed by atoms with Crippen molar-refractivity contribution >= 4 is 17.6 Å². The van der Waals surface area contributed by atoms with Gasteiger partial charge in [-0.15, -0.1) is 0 Å². The standard InChI is InChI=1S/C21H24N2O4/c1-26-19-9-7-18(8-10-19)22-11-13-23(14-12-22)20(24)16-27-21(25)15-17-5-3-2-4-6-17/h2-10H,11-16H2,1H3. The normalized spacial score (nSPS) is 14.0. The molecule has 1 fully saturated rings. The van der Waals surface area contributed by atoms with Gasteiger partial charge in [0.05, 0.1) is 13.5 Å². The summed E-state index contributed by atoms with van der Waals surface area (Å²) in [6, 6.07) is 17.3. The summed E-state index contributed by atoms with van der Waals surface area (Å²) in [5.74, 6) is 0.294. The summed E-state index contributed by atoms with van der Waals surface area (Å²) in [6.07, 6.45) is 0.180. The van der Waals surface area contributed by atoms with Crippen molar-refractivity contribution in [3.63, 3.8) is 0 Å². The maximum atomic E-state index is 12.3. The highest BCUT2D eigenvalue weighted by Gasteiger charge is 2.22. The van der Waals surface area contributed by atoms with Crippen molar-refractivity contribution in [2.45, 2.75) is 6.42 Å². The van der Waals surface area contributed by atoms with Gasteiger partial charge in [-0.25, -0.2) is 0 Å². The first-order chi connectivity index (χ1) is 13.2. The first-order valence-electron chi connectivity index (χ1n) is 9.02. The van der Waals surface area contributed by atoms with Crippen LogP contribution in [0.25, 0.3) is 0 Å². The number of rotatable bonds is 6. The smallest absolute Gasteiger partial charge is 0.310 e. The molecule has 6 heteroatoms. The molecule has 0 saturated carbocycles. The van der Waals surface area contributed by atoms with Gasteiger partial charge in [-0.1, -0.05) is 30.3 Å². The van der Waals surface area contributed by atoms with Crippen LogP contribution in [0.1, 0.15) is 5.56 Å². The molecule has 0 unspecified atom stereocenters. The van der Waals surface area contributed by atoms with E-state index in [1.807, 2.05) is 54.6 Å². The number of hydrogen-bond donors (Lipinski definition) is 0. The Bertz CT molecular complexity index is 754. The number of benzene rings is 2. The predicted octanol–water partition coefficient (Wildman–Crippen LogP) is 2.13.